The number of Topliss-reactive ketones (excluding diaryl/α,β-unsaturated/α-hetero) is 2. The Morgan fingerprint density at radius 2 is 1.00 bits per heavy atom. The van der Waals surface area contributed by atoms with Crippen molar-refractivity contribution >= 4 is 23.5 Å². The van der Waals surface area contributed by atoms with Gasteiger partial charge >= 0.3 is 21.7 Å². The Bertz CT molecular complexity index is 198. The van der Waals surface area contributed by atoms with E-state index in [-0.39, 0.29) is 33.3 Å². The Labute approximate surface area is 102 Å². The van der Waals surface area contributed by atoms with Crippen molar-refractivity contribution in [1.82, 2.24) is 0 Å². The Morgan fingerprint density at radius 1 is 0.800 bits per heavy atom. The van der Waals surface area contributed by atoms with E-state index in [1.807, 2.05) is 0 Å². The van der Waals surface area contributed by atoms with Crippen molar-refractivity contribution < 1.29 is 51.1 Å². The third-order valence-corrected chi connectivity index (χ3v) is 0.787. The normalized spacial score (nSPS) is 7.60. The largest absolute Gasteiger partial charge is 2.00 e. The van der Waals surface area contributed by atoms with Gasteiger partial charge in [0.25, 0.3) is 0 Å². The quantitative estimate of drug-likeness (QED) is 0.400. The summed E-state index contributed by atoms with van der Waals surface area (Å²) in [5.74, 6) is -3.37. The van der Waals surface area contributed by atoms with Gasteiger partial charge in [0.1, 0.15) is 11.6 Å². The summed E-state index contributed by atoms with van der Waals surface area (Å²) in [4.78, 5) is 38.6. The molecule has 0 aromatic rings. The molecular formula is C8H10O6Ti. The van der Waals surface area contributed by atoms with E-state index in [4.69, 9.17) is 0 Å². The molecule has 0 saturated carbocycles. The van der Waals surface area contributed by atoms with E-state index in [0.717, 1.165) is 0 Å². The Balaban J connectivity index is -0.000000180. The Hall–Kier alpha value is -1.01. The molecule has 0 aromatic carbocycles. The van der Waals surface area contributed by atoms with Crippen LogP contribution >= 0.6 is 0 Å². The summed E-state index contributed by atoms with van der Waals surface area (Å²) in [7, 11) is 0. The minimum atomic E-state index is -1.31. The molecule has 15 heavy (non-hydrogen) atoms. The maximum atomic E-state index is 9.83. The second kappa shape index (κ2) is 11.1. The number of carbonyl (C=O) groups excluding carboxylic acids is 4. The smallest absolute Gasteiger partial charge is 0.550 e. The molecule has 0 N–H and O–H groups in total. The van der Waals surface area contributed by atoms with E-state index in [9.17, 15) is 29.4 Å². The number of hydrogen-bond donors (Lipinski definition) is 0. The number of hydrogen-bond acceptors (Lipinski definition) is 6. The van der Waals surface area contributed by atoms with E-state index in [1.54, 1.807) is 0 Å². The van der Waals surface area contributed by atoms with Crippen LogP contribution in [0.5, 0.6) is 0 Å². The monoisotopic (exact) mass is 250 g/mol. The molecule has 0 fully saturated rings. The second-order valence-corrected chi connectivity index (χ2v) is 2.50. The van der Waals surface area contributed by atoms with E-state index in [2.05, 4.69) is 0 Å². The van der Waals surface area contributed by atoms with Gasteiger partial charge < -0.3 is 19.8 Å². The molecule has 0 unspecified atom stereocenters. The van der Waals surface area contributed by atoms with Crippen LogP contribution in [0.1, 0.15) is 26.7 Å². The number of carboxylic acids is 2. The predicted molar refractivity (Wildman–Crippen MR) is 40.6 cm³/mol. The van der Waals surface area contributed by atoms with Crippen molar-refractivity contribution in [1.29, 1.82) is 0 Å². The number of ketones is 2. The van der Waals surface area contributed by atoms with Crippen LogP contribution in [0.2, 0.25) is 0 Å². The molecule has 0 rings (SSSR count). The fourth-order valence-corrected chi connectivity index (χ4v) is 0.407. The van der Waals surface area contributed by atoms with Gasteiger partial charge in [0.15, 0.2) is 0 Å². The molecule has 82 valence electrons. The first-order chi connectivity index (χ1) is 6.25. The van der Waals surface area contributed by atoms with Crippen molar-refractivity contribution in [3.8, 4) is 0 Å². The van der Waals surface area contributed by atoms with E-state index >= 15 is 0 Å². The minimum Gasteiger partial charge on any atom is -0.550 e. The van der Waals surface area contributed by atoms with Gasteiger partial charge in [-0.25, -0.2) is 0 Å². The first-order valence-electron chi connectivity index (χ1n) is 3.64. The van der Waals surface area contributed by atoms with Crippen LogP contribution in [0.4, 0.5) is 0 Å². The zero-order valence-corrected chi connectivity index (χ0v) is 9.93. The van der Waals surface area contributed by atoms with Crippen molar-refractivity contribution in [2.24, 2.45) is 0 Å². The molecule has 0 aliphatic carbocycles. The average Bonchev–Trinajstić information content (AvgIpc) is 1.79. The Morgan fingerprint density at radius 3 is 1.00 bits per heavy atom. The fourth-order valence-electron chi connectivity index (χ4n) is 0.407. The van der Waals surface area contributed by atoms with Gasteiger partial charge in [-0.3, -0.25) is 9.59 Å². The molecule has 0 bridgehead atoms. The number of aliphatic carboxylic acids is 2. The van der Waals surface area contributed by atoms with E-state index in [1.165, 1.54) is 13.8 Å². The van der Waals surface area contributed by atoms with Crippen molar-refractivity contribution in [3.05, 3.63) is 0 Å². The number of rotatable bonds is 4. The summed E-state index contributed by atoms with van der Waals surface area (Å²) >= 11 is 0. The number of carbonyl (C=O) groups is 4. The van der Waals surface area contributed by atoms with Crippen LogP contribution in [0.3, 0.4) is 0 Å². The third kappa shape index (κ3) is 32.1. The van der Waals surface area contributed by atoms with Gasteiger partial charge in [0.2, 0.25) is 0 Å². The van der Waals surface area contributed by atoms with Gasteiger partial charge in [-0.2, -0.15) is 0 Å². The molecule has 6 nitrogen and oxygen atoms in total. The zero-order valence-electron chi connectivity index (χ0n) is 8.36. The molecule has 0 amide bonds. The van der Waals surface area contributed by atoms with Crippen LogP contribution < -0.4 is 10.2 Å². The summed E-state index contributed by atoms with van der Waals surface area (Å²) in [6.45, 7) is 2.41. The molecular weight excluding hydrogens is 240 g/mol. The molecule has 0 radical (unpaired) electrons. The van der Waals surface area contributed by atoms with Crippen molar-refractivity contribution in [2.75, 3.05) is 0 Å². The van der Waals surface area contributed by atoms with Gasteiger partial charge in [0.05, 0.1) is 0 Å². The molecule has 0 saturated heterocycles. The zero-order chi connectivity index (χ0) is 11.7. The van der Waals surface area contributed by atoms with Gasteiger partial charge in [0, 0.05) is 24.8 Å². The molecule has 7 heteroatoms. The van der Waals surface area contributed by atoms with Crippen LogP contribution in [-0.2, 0) is 40.9 Å². The van der Waals surface area contributed by atoms with E-state index in [0.29, 0.717) is 0 Å². The summed E-state index contributed by atoms with van der Waals surface area (Å²) in [5, 5.41) is 19.0. The molecule has 0 heterocycles. The topological polar surface area (TPSA) is 114 Å². The second-order valence-electron chi connectivity index (χ2n) is 2.50. The maximum Gasteiger partial charge on any atom is 2.00 e. The minimum absolute atomic E-state index is 0. The molecule has 0 aliphatic heterocycles. The molecule has 0 atom stereocenters. The third-order valence-electron chi connectivity index (χ3n) is 0.787. The van der Waals surface area contributed by atoms with Crippen LogP contribution in [-0.4, -0.2) is 23.5 Å². The SMILES string of the molecule is CC(=O)CC(=O)[O-].CC(=O)CC(=O)[O-].[Ti+2]. The average molecular weight is 250 g/mol. The first-order valence-corrected chi connectivity index (χ1v) is 3.64. The van der Waals surface area contributed by atoms with Crippen molar-refractivity contribution in [3.63, 3.8) is 0 Å². The van der Waals surface area contributed by atoms with Gasteiger partial charge in [-0.15, -0.1) is 0 Å². The first kappa shape index (κ1) is 19.5. The summed E-state index contributed by atoms with van der Waals surface area (Å²) in [6, 6.07) is 0. The maximum absolute atomic E-state index is 9.83. The summed E-state index contributed by atoms with van der Waals surface area (Å²) in [5.41, 5.74) is 0. The predicted octanol–water partition coefficient (Wildman–Crippen LogP) is -2.57. The number of carboxylic acid groups (broad SMARTS) is 2. The Kier molecular flexibility index (Phi) is 14.4. The van der Waals surface area contributed by atoms with Crippen LogP contribution in [0.15, 0.2) is 0 Å². The molecule has 0 aromatic heterocycles. The van der Waals surface area contributed by atoms with Crippen LogP contribution in [0, 0.1) is 0 Å². The summed E-state index contributed by atoms with van der Waals surface area (Å²) in [6.07, 6.45) is -0.944. The van der Waals surface area contributed by atoms with E-state index < -0.39 is 24.8 Å². The van der Waals surface area contributed by atoms with Gasteiger partial charge in [-0.1, -0.05) is 0 Å². The van der Waals surface area contributed by atoms with Gasteiger partial charge in [-0.05, 0) is 13.8 Å². The molecule has 0 spiro atoms. The molecule has 0 aliphatic rings. The summed E-state index contributed by atoms with van der Waals surface area (Å²) < 4.78 is 0. The standard InChI is InChI=1S/2C4H6O3.Ti/c2*1-3(5)2-4(6)7;/h2*2H2,1H3,(H,6,7);/q;;+2/p-2. The van der Waals surface area contributed by atoms with Crippen LogP contribution in [0.25, 0.3) is 0 Å². The fraction of sp³-hybridized carbons (Fsp3) is 0.500. The van der Waals surface area contributed by atoms with Crippen molar-refractivity contribution in [2.45, 2.75) is 26.7 Å².